The molecule has 2 aromatic heterocycles. The molecule has 2 N–H and O–H groups in total. The average molecular weight is 559 g/mol. The standard InChI is InChI=1S/C17H22N4OS.2C2HF3O2/c1-12-3-6-17(19-18-12)21-7-8-22-16-11-20(10-15(16)21)9-14-5-4-13(2)23-14;2*3-2(4,5)1(6)7/h3-6,15-16H,7-11H2,1-2H3;2*(H,6,7)/t15-,16+;;/m1../s1. The Kier molecular flexibility index (Phi) is 10.2. The van der Waals surface area contributed by atoms with Crippen molar-refractivity contribution in [2.45, 2.75) is 44.9 Å². The van der Waals surface area contributed by atoms with E-state index in [1.165, 1.54) is 9.75 Å². The molecule has 0 amide bonds. The third-order valence-corrected chi connectivity index (χ3v) is 6.10. The highest BCUT2D eigenvalue weighted by Gasteiger charge is 2.41. The molecule has 206 valence electrons. The molecule has 2 aliphatic rings. The smallest absolute Gasteiger partial charge is 0.475 e. The number of thiophene rings is 1. The molecule has 0 spiro atoms. The van der Waals surface area contributed by atoms with Gasteiger partial charge >= 0.3 is 24.3 Å². The van der Waals surface area contributed by atoms with Crippen LogP contribution in [0.25, 0.3) is 0 Å². The van der Waals surface area contributed by atoms with E-state index in [-0.39, 0.29) is 6.10 Å². The number of aromatic nitrogens is 2. The van der Waals surface area contributed by atoms with Gasteiger partial charge < -0.3 is 19.8 Å². The second-order valence-electron chi connectivity index (χ2n) is 8.02. The Morgan fingerprint density at radius 2 is 1.59 bits per heavy atom. The minimum Gasteiger partial charge on any atom is -0.475 e. The van der Waals surface area contributed by atoms with Crippen LogP contribution in [0.1, 0.15) is 15.4 Å². The van der Waals surface area contributed by atoms with Gasteiger partial charge in [-0.15, -0.1) is 16.4 Å². The second-order valence-corrected chi connectivity index (χ2v) is 9.39. The Morgan fingerprint density at radius 3 is 2.05 bits per heavy atom. The largest absolute Gasteiger partial charge is 0.490 e. The molecule has 2 saturated heterocycles. The van der Waals surface area contributed by atoms with Crippen molar-refractivity contribution in [2.24, 2.45) is 0 Å². The summed E-state index contributed by atoms with van der Waals surface area (Å²) in [4.78, 5) is 25.5. The molecule has 9 nitrogen and oxygen atoms in total. The van der Waals surface area contributed by atoms with Gasteiger partial charge in [-0.05, 0) is 38.1 Å². The van der Waals surface area contributed by atoms with Gasteiger partial charge in [-0.25, -0.2) is 9.59 Å². The number of carboxylic acid groups (broad SMARTS) is 2. The van der Waals surface area contributed by atoms with Crippen molar-refractivity contribution in [1.82, 2.24) is 15.1 Å². The second kappa shape index (κ2) is 12.5. The lowest BCUT2D eigenvalue weighted by atomic mass is 10.1. The van der Waals surface area contributed by atoms with Crippen LogP contribution in [0.3, 0.4) is 0 Å². The Hall–Kier alpha value is -2.98. The van der Waals surface area contributed by atoms with Crippen molar-refractivity contribution in [3.8, 4) is 0 Å². The van der Waals surface area contributed by atoms with Gasteiger partial charge in [-0.2, -0.15) is 31.4 Å². The number of hydrogen-bond acceptors (Lipinski definition) is 8. The number of halogens is 6. The number of carbonyl (C=O) groups is 2. The first-order valence-electron chi connectivity index (χ1n) is 10.6. The van der Waals surface area contributed by atoms with Gasteiger partial charge in [0.25, 0.3) is 0 Å². The van der Waals surface area contributed by atoms with Crippen molar-refractivity contribution in [2.75, 3.05) is 31.1 Å². The first-order valence-corrected chi connectivity index (χ1v) is 11.5. The number of morpholine rings is 1. The molecule has 4 heterocycles. The van der Waals surface area contributed by atoms with E-state index in [4.69, 9.17) is 24.5 Å². The number of fused-ring (bicyclic) bond motifs is 1. The van der Waals surface area contributed by atoms with Crippen molar-refractivity contribution >= 4 is 29.1 Å². The molecule has 0 aliphatic carbocycles. The monoisotopic (exact) mass is 558 g/mol. The van der Waals surface area contributed by atoms with E-state index in [0.29, 0.717) is 6.04 Å². The number of aryl methyl sites for hydroxylation is 2. The quantitative estimate of drug-likeness (QED) is 0.546. The fourth-order valence-corrected chi connectivity index (χ4v) is 4.45. The summed E-state index contributed by atoms with van der Waals surface area (Å²) in [7, 11) is 0. The lowest BCUT2D eigenvalue weighted by Gasteiger charge is -2.37. The molecule has 0 aromatic carbocycles. The third kappa shape index (κ3) is 9.44. The first-order chi connectivity index (χ1) is 17.1. The maximum Gasteiger partial charge on any atom is 0.490 e. The van der Waals surface area contributed by atoms with E-state index in [9.17, 15) is 26.3 Å². The molecule has 0 bridgehead atoms. The van der Waals surface area contributed by atoms with Crippen molar-refractivity contribution in [3.63, 3.8) is 0 Å². The normalized spacial score (nSPS) is 19.7. The molecule has 2 fully saturated rings. The van der Waals surface area contributed by atoms with Gasteiger partial charge in [-0.1, -0.05) is 0 Å². The van der Waals surface area contributed by atoms with Crippen LogP contribution in [0.4, 0.5) is 32.2 Å². The van der Waals surface area contributed by atoms with Gasteiger partial charge in [0, 0.05) is 35.9 Å². The zero-order valence-electron chi connectivity index (χ0n) is 19.6. The number of ether oxygens (including phenoxy) is 1. The molecule has 2 aromatic rings. The molecule has 2 aliphatic heterocycles. The van der Waals surface area contributed by atoms with Crippen LogP contribution >= 0.6 is 11.3 Å². The van der Waals surface area contributed by atoms with Crippen molar-refractivity contribution in [1.29, 1.82) is 0 Å². The lowest BCUT2D eigenvalue weighted by molar-refractivity contribution is -0.193. The number of nitrogens with zero attached hydrogens (tertiary/aromatic N) is 4. The van der Waals surface area contributed by atoms with Crippen LogP contribution in [-0.4, -0.2) is 88.0 Å². The number of aliphatic carboxylic acids is 2. The van der Waals surface area contributed by atoms with Gasteiger partial charge in [0.2, 0.25) is 0 Å². The number of hydrogen-bond donors (Lipinski definition) is 2. The predicted molar refractivity (Wildman–Crippen MR) is 119 cm³/mol. The van der Waals surface area contributed by atoms with E-state index in [1.54, 1.807) is 0 Å². The topological polar surface area (TPSA) is 116 Å². The van der Waals surface area contributed by atoms with Crippen LogP contribution in [0.5, 0.6) is 0 Å². The van der Waals surface area contributed by atoms with Crippen LogP contribution in [0.2, 0.25) is 0 Å². The van der Waals surface area contributed by atoms with E-state index in [2.05, 4.69) is 45.1 Å². The van der Waals surface area contributed by atoms with Gasteiger partial charge in [0.1, 0.15) is 0 Å². The van der Waals surface area contributed by atoms with E-state index < -0.39 is 24.3 Å². The minimum atomic E-state index is -5.08. The number of likely N-dealkylation sites (tertiary alicyclic amines) is 1. The van der Waals surface area contributed by atoms with Crippen LogP contribution in [0, 0.1) is 13.8 Å². The summed E-state index contributed by atoms with van der Waals surface area (Å²) >= 11 is 1.89. The summed E-state index contributed by atoms with van der Waals surface area (Å²) in [5.74, 6) is -4.54. The molecule has 0 saturated carbocycles. The lowest BCUT2D eigenvalue weighted by Crippen LogP contribution is -2.51. The van der Waals surface area contributed by atoms with Gasteiger partial charge in [0.15, 0.2) is 5.82 Å². The highest BCUT2D eigenvalue weighted by Crippen LogP contribution is 2.28. The van der Waals surface area contributed by atoms with Crippen molar-refractivity contribution < 1.29 is 50.9 Å². The van der Waals surface area contributed by atoms with Crippen LogP contribution in [0.15, 0.2) is 24.3 Å². The summed E-state index contributed by atoms with van der Waals surface area (Å²) < 4.78 is 69.5. The van der Waals surface area contributed by atoms with Gasteiger partial charge in [0.05, 0.1) is 24.4 Å². The SMILES string of the molecule is Cc1ccc(N2CCO[C@H]3CN(Cc4ccc(C)s4)C[C@H]32)nn1.O=C(O)C(F)(F)F.O=C(O)C(F)(F)F. The molecule has 37 heavy (non-hydrogen) atoms. The predicted octanol–water partition coefficient (Wildman–Crippen LogP) is 3.51. The summed E-state index contributed by atoms with van der Waals surface area (Å²) in [6.45, 7) is 8.84. The van der Waals surface area contributed by atoms with Gasteiger partial charge in [-0.3, -0.25) is 4.90 Å². The molecule has 4 rings (SSSR count). The minimum absolute atomic E-state index is 0.271. The summed E-state index contributed by atoms with van der Waals surface area (Å²) in [6.07, 6.45) is -9.90. The zero-order valence-corrected chi connectivity index (χ0v) is 20.4. The Balaban J connectivity index is 0.000000286. The van der Waals surface area contributed by atoms with Crippen molar-refractivity contribution in [3.05, 3.63) is 39.7 Å². The first kappa shape index (κ1) is 30.2. The van der Waals surface area contributed by atoms with Crippen LogP contribution in [-0.2, 0) is 20.9 Å². The molecule has 16 heteroatoms. The third-order valence-electron chi connectivity index (χ3n) is 5.12. The average Bonchev–Trinajstić information content (AvgIpc) is 3.39. The Bertz CT molecular complexity index is 1020. The fraction of sp³-hybridized carbons (Fsp3) is 0.524. The fourth-order valence-electron chi connectivity index (χ4n) is 3.51. The van der Waals surface area contributed by atoms with Crippen LogP contribution < -0.4 is 4.90 Å². The molecule has 0 radical (unpaired) electrons. The zero-order chi connectivity index (χ0) is 28.0. The summed E-state index contributed by atoms with van der Waals surface area (Å²) in [6, 6.07) is 8.94. The Morgan fingerprint density at radius 1 is 1.00 bits per heavy atom. The summed E-state index contributed by atoms with van der Waals surface area (Å²) in [5, 5.41) is 22.8. The molecule has 0 unspecified atom stereocenters. The van der Waals surface area contributed by atoms with E-state index in [1.807, 2.05) is 24.3 Å². The maximum absolute atomic E-state index is 10.6. The number of anilines is 1. The number of carboxylic acids is 2. The highest BCUT2D eigenvalue weighted by atomic mass is 32.1. The molecular formula is C21H24F6N4O5S. The van der Waals surface area contributed by atoms with E-state index in [0.717, 1.165) is 44.3 Å². The molecule has 2 atom stereocenters. The van der Waals surface area contributed by atoms with E-state index >= 15 is 0 Å². The number of alkyl halides is 6. The maximum atomic E-state index is 10.6. The summed E-state index contributed by atoms with van der Waals surface area (Å²) in [5.41, 5.74) is 0.958. The molecular weight excluding hydrogens is 534 g/mol. The Labute approximate surface area is 211 Å². The highest BCUT2D eigenvalue weighted by molar-refractivity contribution is 7.11. The number of rotatable bonds is 3.